The second-order valence-corrected chi connectivity index (χ2v) is 6.46. The molecule has 0 aromatic carbocycles. The van der Waals surface area contributed by atoms with E-state index in [0.717, 1.165) is 25.2 Å². The third kappa shape index (κ3) is 1.65. The van der Waals surface area contributed by atoms with E-state index in [9.17, 15) is 5.11 Å². The summed E-state index contributed by atoms with van der Waals surface area (Å²) in [6, 6.07) is 0. The molecule has 1 heteroatoms. The highest BCUT2D eigenvalue weighted by molar-refractivity contribution is 5.24. The van der Waals surface area contributed by atoms with Crippen LogP contribution in [0, 0.1) is 16.7 Å². The van der Waals surface area contributed by atoms with Crippen molar-refractivity contribution in [1.82, 2.24) is 0 Å². The van der Waals surface area contributed by atoms with Gasteiger partial charge in [-0.2, -0.15) is 0 Å². The van der Waals surface area contributed by atoms with Crippen LogP contribution in [0.1, 0.15) is 53.4 Å². The lowest BCUT2D eigenvalue weighted by atomic mass is 9.53. The Balaban J connectivity index is 2.34. The first-order valence-corrected chi connectivity index (χ1v) is 6.24. The van der Waals surface area contributed by atoms with Crippen molar-refractivity contribution >= 4 is 0 Å². The molecule has 1 nitrogen and oxygen atoms in total. The first kappa shape index (κ1) is 11.2. The summed E-state index contributed by atoms with van der Waals surface area (Å²) in [6.45, 7) is 9.55. The summed E-state index contributed by atoms with van der Waals surface area (Å²) in [5.41, 5.74) is 2.29. The van der Waals surface area contributed by atoms with Crippen molar-refractivity contribution in [3.05, 3.63) is 11.6 Å². The Hall–Kier alpha value is -0.300. The van der Waals surface area contributed by atoms with Crippen molar-refractivity contribution < 1.29 is 5.11 Å². The maximum absolute atomic E-state index is 9.74. The molecule has 2 aliphatic rings. The fourth-order valence-corrected chi connectivity index (χ4v) is 3.45. The number of aliphatic hydroxyl groups is 1. The van der Waals surface area contributed by atoms with Gasteiger partial charge in [-0.25, -0.2) is 0 Å². The SMILES string of the molecule is CC1C(C)(C)CC=C2CC(O)CCC21C. The van der Waals surface area contributed by atoms with Crippen LogP contribution in [0.4, 0.5) is 0 Å². The smallest absolute Gasteiger partial charge is 0.0577 e. The van der Waals surface area contributed by atoms with E-state index in [4.69, 9.17) is 0 Å². The molecule has 0 amide bonds. The molecule has 1 saturated carbocycles. The molecule has 0 aromatic rings. The molecule has 0 aliphatic heterocycles. The van der Waals surface area contributed by atoms with Crippen LogP contribution in [-0.2, 0) is 0 Å². The minimum absolute atomic E-state index is 0.0854. The van der Waals surface area contributed by atoms with Crippen molar-refractivity contribution in [2.75, 3.05) is 0 Å². The third-order valence-electron chi connectivity index (χ3n) is 5.19. The van der Waals surface area contributed by atoms with E-state index in [1.165, 1.54) is 12.0 Å². The van der Waals surface area contributed by atoms with E-state index in [1.807, 2.05) is 0 Å². The monoisotopic (exact) mass is 208 g/mol. The van der Waals surface area contributed by atoms with Gasteiger partial charge in [0, 0.05) is 0 Å². The van der Waals surface area contributed by atoms with Gasteiger partial charge in [0.2, 0.25) is 0 Å². The highest BCUT2D eigenvalue weighted by Gasteiger charge is 2.47. The molecule has 0 saturated heterocycles. The van der Waals surface area contributed by atoms with E-state index in [0.29, 0.717) is 10.8 Å². The Kier molecular flexibility index (Phi) is 2.50. The highest BCUT2D eigenvalue weighted by atomic mass is 16.3. The summed E-state index contributed by atoms with van der Waals surface area (Å²) >= 11 is 0. The number of rotatable bonds is 0. The summed E-state index contributed by atoms with van der Waals surface area (Å²) in [7, 11) is 0. The quantitative estimate of drug-likeness (QED) is 0.604. The number of hydrogen-bond donors (Lipinski definition) is 1. The Morgan fingerprint density at radius 2 is 2.00 bits per heavy atom. The molecule has 1 N–H and O–H groups in total. The van der Waals surface area contributed by atoms with Crippen LogP contribution in [-0.4, -0.2) is 11.2 Å². The molecular weight excluding hydrogens is 184 g/mol. The molecule has 2 aliphatic carbocycles. The van der Waals surface area contributed by atoms with Crippen molar-refractivity contribution in [1.29, 1.82) is 0 Å². The number of aliphatic hydroxyl groups excluding tert-OH is 1. The van der Waals surface area contributed by atoms with Gasteiger partial charge >= 0.3 is 0 Å². The van der Waals surface area contributed by atoms with Crippen LogP contribution in [0.2, 0.25) is 0 Å². The Bertz CT molecular complexity index is 290. The maximum Gasteiger partial charge on any atom is 0.0577 e. The second-order valence-electron chi connectivity index (χ2n) is 6.46. The van der Waals surface area contributed by atoms with E-state index >= 15 is 0 Å². The van der Waals surface area contributed by atoms with Crippen molar-refractivity contribution in [3.63, 3.8) is 0 Å². The fraction of sp³-hybridized carbons (Fsp3) is 0.857. The zero-order valence-corrected chi connectivity index (χ0v) is 10.5. The topological polar surface area (TPSA) is 20.2 Å². The number of fused-ring (bicyclic) bond motifs is 1. The first-order valence-electron chi connectivity index (χ1n) is 6.24. The van der Waals surface area contributed by atoms with Gasteiger partial charge in [-0.05, 0) is 42.4 Å². The molecule has 0 heterocycles. The average Bonchev–Trinajstić information content (AvgIpc) is 2.17. The van der Waals surface area contributed by atoms with Crippen LogP contribution in [0.3, 0.4) is 0 Å². The summed E-state index contributed by atoms with van der Waals surface area (Å²) < 4.78 is 0. The lowest BCUT2D eigenvalue weighted by molar-refractivity contribution is 0.0287. The molecule has 0 aromatic heterocycles. The van der Waals surface area contributed by atoms with Gasteiger partial charge in [0.25, 0.3) is 0 Å². The summed E-state index contributed by atoms with van der Waals surface area (Å²) in [5, 5.41) is 9.74. The van der Waals surface area contributed by atoms with Crippen molar-refractivity contribution in [2.24, 2.45) is 16.7 Å². The van der Waals surface area contributed by atoms with Crippen LogP contribution in [0.15, 0.2) is 11.6 Å². The molecular formula is C14H24O. The second kappa shape index (κ2) is 3.35. The maximum atomic E-state index is 9.74. The fourth-order valence-electron chi connectivity index (χ4n) is 3.45. The van der Waals surface area contributed by atoms with Crippen molar-refractivity contribution in [2.45, 2.75) is 59.5 Å². The minimum atomic E-state index is -0.0854. The average molecular weight is 208 g/mol. The molecule has 1 fully saturated rings. The zero-order valence-electron chi connectivity index (χ0n) is 10.5. The number of allylic oxidation sites excluding steroid dienone is 1. The predicted molar refractivity (Wildman–Crippen MR) is 63.6 cm³/mol. The normalized spacial score (nSPS) is 44.5. The lowest BCUT2D eigenvalue weighted by Gasteiger charge is -2.52. The molecule has 0 spiro atoms. The molecule has 2 rings (SSSR count). The Morgan fingerprint density at radius 3 is 2.67 bits per heavy atom. The van der Waals surface area contributed by atoms with Gasteiger partial charge in [-0.3, -0.25) is 0 Å². The largest absolute Gasteiger partial charge is 0.393 e. The van der Waals surface area contributed by atoms with Crippen LogP contribution in [0.5, 0.6) is 0 Å². The van der Waals surface area contributed by atoms with E-state index < -0.39 is 0 Å². The molecule has 3 unspecified atom stereocenters. The van der Waals surface area contributed by atoms with E-state index in [2.05, 4.69) is 33.8 Å². The van der Waals surface area contributed by atoms with Gasteiger partial charge in [0.1, 0.15) is 0 Å². The van der Waals surface area contributed by atoms with Crippen LogP contribution >= 0.6 is 0 Å². The third-order valence-corrected chi connectivity index (χ3v) is 5.19. The van der Waals surface area contributed by atoms with Gasteiger partial charge in [0.05, 0.1) is 6.10 Å². The van der Waals surface area contributed by atoms with Crippen LogP contribution < -0.4 is 0 Å². The Labute approximate surface area is 93.6 Å². The van der Waals surface area contributed by atoms with E-state index in [-0.39, 0.29) is 6.10 Å². The summed E-state index contributed by atoms with van der Waals surface area (Å²) in [6.07, 6.45) is 6.54. The Morgan fingerprint density at radius 1 is 1.33 bits per heavy atom. The first-order chi connectivity index (χ1) is 6.86. The van der Waals surface area contributed by atoms with Gasteiger partial charge in [-0.15, -0.1) is 0 Å². The van der Waals surface area contributed by atoms with Crippen LogP contribution in [0.25, 0.3) is 0 Å². The van der Waals surface area contributed by atoms with Gasteiger partial charge in [0.15, 0.2) is 0 Å². The lowest BCUT2D eigenvalue weighted by Crippen LogP contribution is -2.44. The summed E-state index contributed by atoms with van der Waals surface area (Å²) in [5.74, 6) is 0.720. The molecule has 86 valence electrons. The molecule has 15 heavy (non-hydrogen) atoms. The highest BCUT2D eigenvalue weighted by Crippen LogP contribution is 2.56. The molecule has 0 bridgehead atoms. The molecule has 0 radical (unpaired) electrons. The van der Waals surface area contributed by atoms with Gasteiger partial charge in [-0.1, -0.05) is 39.3 Å². The standard InChI is InChI=1S/C14H24O/c1-10-13(2,3)7-5-11-9-12(15)6-8-14(10,11)4/h5,10,12,15H,6-9H2,1-4H3. The summed E-state index contributed by atoms with van der Waals surface area (Å²) in [4.78, 5) is 0. The zero-order chi connectivity index (χ0) is 11.3. The molecule has 3 atom stereocenters. The van der Waals surface area contributed by atoms with Crippen molar-refractivity contribution in [3.8, 4) is 0 Å². The van der Waals surface area contributed by atoms with Gasteiger partial charge < -0.3 is 5.11 Å². The van der Waals surface area contributed by atoms with E-state index in [1.54, 1.807) is 0 Å². The minimum Gasteiger partial charge on any atom is -0.393 e. The number of hydrogen-bond acceptors (Lipinski definition) is 1. The predicted octanol–water partition coefficient (Wildman–Crippen LogP) is 3.53.